The van der Waals surface area contributed by atoms with E-state index in [1.807, 2.05) is 6.07 Å². The van der Waals surface area contributed by atoms with E-state index in [0.29, 0.717) is 16.9 Å². The highest BCUT2D eigenvalue weighted by atomic mass is 16.3. The zero-order chi connectivity index (χ0) is 11.8. The van der Waals surface area contributed by atoms with Gasteiger partial charge in [0.1, 0.15) is 5.75 Å². The lowest BCUT2D eigenvalue weighted by Gasteiger charge is -1.98. The second-order valence-corrected chi connectivity index (χ2v) is 3.77. The van der Waals surface area contributed by atoms with Crippen LogP contribution in [-0.4, -0.2) is 19.6 Å². The number of aromatic nitrogens is 2. The molecule has 0 atom stereocenters. The largest absolute Gasteiger partial charge is 0.507 e. The van der Waals surface area contributed by atoms with Crippen LogP contribution in [0.3, 0.4) is 0 Å². The van der Waals surface area contributed by atoms with Gasteiger partial charge in [-0.2, -0.15) is 0 Å². The Bertz CT molecular complexity index is 689. The number of pyridine rings is 1. The van der Waals surface area contributed by atoms with Gasteiger partial charge in [0.25, 0.3) is 0 Å². The smallest absolute Gasteiger partial charge is 0.180 e. The zero-order valence-electron chi connectivity index (χ0n) is 8.91. The second kappa shape index (κ2) is 3.52. The van der Waals surface area contributed by atoms with Gasteiger partial charge < -0.3 is 14.6 Å². The van der Waals surface area contributed by atoms with Crippen molar-refractivity contribution in [1.29, 1.82) is 0 Å². The molecule has 0 saturated carbocycles. The normalized spacial score (nSPS) is 10.8. The van der Waals surface area contributed by atoms with Gasteiger partial charge in [0, 0.05) is 18.0 Å². The van der Waals surface area contributed by atoms with Crippen LogP contribution < -0.4 is 0 Å². The lowest BCUT2D eigenvalue weighted by atomic mass is 10.1. The molecule has 0 radical (unpaired) electrons. The molecule has 0 bridgehead atoms. The van der Waals surface area contributed by atoms with Gasteiger partial charge in [-0.05, 0) is 24.3 Å². The summed E-state index contributed by atoms with van der Waals surface area (Å²) in [5.74, 6) is 0.296. The van der Waals surface area contributed by atoms with E-state index in [0.717, 1.165) is 0 Å². The van der Waals surface area contributed by atoms with Gasteiger partial charge in [-0.1, -0.05) is 12.1 Å². The van der Waals surface area contributed by atoms with E-state index in [1.54, 1.807) is 47.1 Å². The molecule has 0 fully saturated rings. The van der Waals surface area contributed by atoms with Crippen molar-refractivity contribution >= 4 is 5.65 Å². The van der Waals surface area contributed by atoms with Crippen LogP contribution in [0.4, 0.5) is 0 Å². The predicted octanol–water partition coefficient (Wildman–Crippen LogP) is 2.41. The molecule has 0 saturated heterocycles. The topological polar surface area (TPSA) is 57.8 Å². The lowest BCUT2D eigenvalue weighted by Crippen LogP contribution is -1.80. The van der Waals surface area contributed by atoms with Gasteiger partial charge in [-0.3, -0.25) is 0 Å². The third-order valence-electron chi connectivity index (χ3n) is 2.64. The van der Waals surface area contributed by atoms with Crippen molar-refractivity contribution < 1.29 is 10.2 Å². The first-order valence-electron chi connectivity index (χ1n) is 5.21. The van der Waals surface area contributed by atoms with Crippen molar-refractivity contribution in [2.45, 2.75) is 0 Å². The van der Waals surface area contributed by atoms with Gasteiger partial charge in [-0.25, -0.2) is 4.98 Å². The SMILES string of the molecule is Oc1ccccc1-c1cn2cccc(O)c2n1. The maximum Gasteiger partial charge on any atom is 0.180 e. The molecule has 0 amide bonds. The summed E-state index contributed by atoms with van der Waals surface area (Å²) < 4.78 is 1.72. The number of hydrogen-bond acceptors (Lipinski definition) is 3. The standard InChI is InChI=1S/C13H10N2O2/c16-11-5-2-1-4-9(11)10-8-15-7-3-6-12(17)13(15)14-10/h1-8,16-17H. The molecule has 84 valence electrons. The molecular formula is C13H10N2O2. The molecule has 2 aromatic heterocycles. The molecular weight excluding hydrogens is 216 g/mol. The van der Waals surface area contributed by atoms with Crippen LogP contribution in [0.15, 0.2) is 48.8 Å². The highest BCUT2D eigenvalue weighted by Gasteiger charge is 2.09. The molecule has 1 aromatic carbocycles. The fourth-order valence-electron chi connectivity index (χ4n) is 1.82. The summed E-state index contributed by atoms with van der Waals surface area (Å²) >= 11 is 0. The number of phenols is 1. The van der Waals surface area contributed by atoms with Gasteiger partial charge in [0.15, 0.2) is 11.4 Å². The number of hydrogen-bond donors (Lipinski definition) is 2. The average molecular weight is 226 g/mol. The Hall–Kier alpha value is -2.49. The van der Waals surface area contributed by atoms with Crippen molar-refractivity contribution in [2.75, 3.05) is 0 Å². The molecule has 17 heavy (non-hydrogen) atoms. The number of aromatic hydroxyl groups is 2. The number of fused-ring (bicyclic) bond motifs is 1. The molecule has 3 aromatic rings. The fourth-order valence-corrected chi connectivity index (χ4v) is 1.82. The zero-order valence-corrected chi connectivity index (χ0v) is 8.91. The molecule has 0 spiro atoms. The Morgan fingerprint density at radius 2 is 1.71 bits per heavy atom. The maximum atomic E-state index is 9.75. The highest BCUT2D eigenvalue weighted by molar-refractivity contribution is 5.70. The van der Waals surface area contributed by atoms with Crippen LogP contribution in [0.5, 0.6) is 11.5 Å². The minimum absolute atomic E-state index is 0.120. The first kappa shape index (κ1) is 9.72. The second-order valence-electron chi connectivity index (χ2n) is 3.77. The molecule has 4 heteroatoms. The Morgan fingerprint density at radius 3 is 2.47 bits per heavy atom. The average Bonchev–Trinajstić information content (AvgIpc) is 2.75. The minimum atomic E-state index is 0.120. The molecule has 4 nitrogen and oxygen atoms in total. The van der Waals surface area contributed by atoms with Crippen LogP contribution in [0, 0.1) is 0 Å². The first-order valence-corrected chi connectivity index (χ1v) is 5.21. The number of para-hydroxylation sites is 1. The van der Waals surface area contributed by atoms with E-state index < -0.39 is 0 Å². The summed E-state index contributed by atoms with van der Waals surface area (Å²) in [6, 6.07) is 10.3. The van der Waals surface area contributed by atoms with Crippen molar-refractivity contribution in [1.82, 2.24) is 9.38 Å². The molecule has 2 N–H and O–H groups in total. The predicted molar refractivity (Wildman–Crippen MR) is 64.0 cm³/mol. The number of benzene rings is 1. The summed E-state index contributed by atoms with van der Waals surface area (Å²) in [5, 5.41) is 19.4. The van der Waals surface area contributed by atoms with Crippen molar-refractivity contribution in [3.63, 3.8) is 0 Å². The van der Waals surface area contributed by atoms with Crippen molar-refractivity contribution in [3.8, 4) is 22.8 Å². The summed E-state index contributed by atoms with van der Waals surface area (Å²) in [7, 11) is 0. The Kier molecular flexibility index (Phi) is 2.01. The molecule has 0 aliphatic heterocycles. The number of imidazole rings is 1. The molecule has 0 aliphatic rings. The van der Waals surface area contributed by atoms with Crippen LogP contribution in [0.1, 0.15) is 0 Å². The summed E-state index contributed by atoms with van der Waals surface area (Å²) in [6.45, 7) is 0. The number of phenolic OH excluding ortho intramolecular Hbond substituents is 1. The summed E-state index contributed by atoms with van der Waals surface area (Å²) in [6.07, 6.45) is 3.57. The van der Waals surface area contributed by atoms with Gasteiger partial charge in [-0.15, -0.1) is 0 Å². The number of nitrogens with zero attached hydrogens (tertiary/aromatic N) is 2. The highest BCUT2D eigenvalue weighted by Crippen LogP contribution is 2.29. The lowest BCUT2D eigenvalue weighted by molar-refractivity contribution is 0.476. The quantitative estimate of drug-likeness (QED) is 0.670. The van der Waals surface area contributed by atoms with Gasteiger partial charge >= 0.3 is 0 Å². The Balaban J connectivity index is 2.26. The maximum absolute atomic E-state index is 9.75. The van der Waals surface area contributed by atoms with E-state index in [4.69, 9.17) is 0 Å². The van der Waals surface area contributed by atoms with E-state index >= 15 is 0 Å². The van der Waals surface area contributed by atoms with E-state index in [2.05, 4.69) is 4.98 Å². The van der Waals surface area contributed by atoms with Crippen LogP contribution in [-0.2, 0) is 0 Å². The molecule has 0 unspecified atom stereocenters. The van der Waals surface area contributed by atoms with E-state index in [9.17, 15) is 10.2 Å². The molecule has 2 heterocycles. The van der Waals surface area contributed by atoms with Crippen molar-refractivity contribution in [3.05, 3.63) is 48.8 Å². The van der Waals surface area contributed by atoms with Crippen molar-refractivity contribution in [2.24, 2.45) is 0 Å². The monoisotopic (exact) mass is 226 g/mol. The Labute approximate surface area is 97.4 Å². The van der Waals surface area contributed by atoms with Crippen LogP contribution in [0.25, 0.3) is 16.9 Å². The van der Waals surface area contributed by atoms with Gasteiger partial charge in [0.2, 0.25) is 0 Å². The first-order chi connectivity index (χ1) is 8.25. The minimum Gasteiger partial charge on any atom is -0.507 e. The summed E-state index contributed by atoms with van der Waals surface area (Å²) in [5.41, 5.74) is 1.76. The molecule has 0 aliphatic carbocycles. The van der Waals surface area contributed by atoms with Gasteiger partial charge in [0.05, 0.1) is 5.69 Å². The van der Waals surface area contributed by atoms with E-state index in [1.165, 1.54) is 0 Å². The fraction of sp³-hybridized carbons (Fsp3) is 0. The number of rotatable bonds is 1. The molecule has 3 rings (SSSR count). The summed E-state index contributed by atoms with van der Waals surface area (Å²) in [4.78, 5) is 4.30. The van der Waals surface area contributed by atoms with Crippen LogP contribution >= 0.6 is 0 Å². The van der Waals surface area contributed by atoms with Crippen LogP contribution in [0.2, 0.25) is 0 Å². The third kappa shape index (κ3) is 1.50. The Morgan fingerprint density at radius 1 is 0.941 bits per heavy atom. The third-order valence-corrected chi connectivity index (χ3v) is 2.64. The van der Waals surface area contributed by atoms with E-state index in [-0.39, 0.29) is 11.5 Å².